The van der Waals surface area contributed by atoms with Crippen LogP contribution in [0.2, 0.25) is 0 Å². The van der Waals surface area contributed by atoms with Crippen molar-refractivity contribution in [3.05, 3.63) is 46.5 Å². The Bertz CT molecular complexity index is 877. The number of hydrogen-bond donors (Lipinski definition) is 1. The lowest BCUT2D eigenvalue weighted by atomic mass is 10.0. The second-order valence-electron chi connectivity index (χ2n) is 6.57. The summed E-state index contributed by atoms with van der Waals surface area (Å²) in [4.78, 5) is 26.9. The summed E-state index contributed by atoms with van der Waals surface area (Å²) >= 11 is 0. The van der Waals surface area contributed by atoms with Gasteiger partial charge in [-0.15, -0.1) is 0 Å². The molecule has 0 bridgehead atoms. The molecule has 2 aromatic rings. The number of methoxy groups -OCH3 is 1. The molecule has 0 aliphatic carbocycles. The standard InChI is InChI=1S/C17H20N4O5/c1-17(2,3)26-16(24)21-9-11(10-7-5-6-8-12(10)21)14(22)13(19-20-18)15(23)25-4/h5-9,13-14,22H,1-4H3/t13-,14+/m1/s1. The fourth-order valence-electron chi connectivity index (χ4n) is 2.49. The van der Waals surface area contributed by atoms with E-state index in [0.717, 1.165) is 7.11 Å². The zero-order valence-electron chi connectivity index (χ0n) is 14.9. The predicted octanol–water partition coefficient (Wildman–Crippen LogP) is 3.31. The number of esters is 1. The minimum Gasteiger partial charge on any atom is -0.469 e. The van der Waals surface area contributed by atoms with Crippen molar-refractivity contribution >= 4 is 23.0 Å². The van der Waals surface area contributed by atoms with Gasteiger partial charge in [-0.3, -0.25) is 9.36 Å². The molecule has 138 valence electrons. The van der Waals surface area contributed by atoms with Crippen LogP contribution in [0, 0.1) is 0 Å². The zero-order valence-corrected chi connectivity index (χ0v) is 14.9. The third kappa shape index (κ3) is 3.96. The lowest BCUT2D eigenvalue weighted by molar-refractivity contribution is -0.144. The minimum atomic E-state index is -1.49. The van der Waals surface area contributed by atoms with E-state index in [1.54, 1.807) is 45.0 Å². The highest BCUT2D eigenvalue weighted by molar-refractivity contribution is 5.93. The molecule has 0 radical (unpaired) electrons. The van der Waals surface area contributed by atoms with Crippen LogP contribution in [-0.2, 0) is 14.3 Å². The number of carbonyl (C=O) groups is 2. The number of azide groups is 1. The third-order valence-corrected chi connectivity index (χ3v) is 3.57. The molecule has 2 rings (SSSR count). The average Bonchev–Trinajstić information content (AvgIpc) is 2.97. The number of para-hydroxylation sites is 1. The van der Waals surface area contributed by atoms with Gasteiger partial charge in [0, 0.05) is 22.1 Å². The number of aromatic nitrogens is 1. The number of aliphatic hydroxyl groups excluding tert-OH is 1. The minimum absolute atomic E-state index is 0.245. The van der Waals surface area contributed by atoms with Crippen LogP contribution in [0.15, 0.2) is 35.6 Å². The van der Waals surface area contributed by atoms with Gasteiger partial charge in [0.15, 0.2) is 6.04 Å². The molecule has 2 atom stereocenters. The van der Waals surface area contributed by atoms with Crippen molar-refractivity contribution in [2.45, 2.75) is 38.5 Å². The summed E-state index contributed by atoms with van der Waals surface area (Å²) in [5, 5.41) is 14.5. The van der Waals surface area contributed by atoms with Crippen LogP contribution < -0.4 is 0 Å². The topological polar surface area (TPSA) is 127 Å². The summed E-state index contributed by atoms with van der Waals surface area (Å²) in [5.74, 6) is -0.885. The molecule has 26 heavy (non-hydrogen) atoms. The van der Waals surface area contributed by atoms with E-state index in [-0.39, 0.29) is 5.56 Å². The summed E-state index contributed by atoms with van der Waals surface area (Å²) in [5.41, 5.74) is 8.69. The Morgan fingerprint density at radius 3 is 2.54 bits per heavy atom. The van der Waals surface area contributed by atoms with E-state index >= 15 is 0 Å². The second kappa shape index (κ2) is 7.47. The molecule has 0 amide bonds. The molecule has 1 aromatic heterocycles. The Kier molecular flexibility index (Phi) is 5.54. The number of aliphatic hydroxyl groups is 1. The molecule has 0 spiro atoms. The lowest BCUT2D eigenvalue weighted by Gasteiger charge is -2.19. The Morgan fingerprint density at radius 1 is 1.31 bits per heavy atom. The quantitative estimate of drug-likeness (QED) is 0.387. The molecular weight excluding hydrogens is 340 g/mol. The van der Waals surface area contributed by atoms with Crippen molar-refractivity contribution in [3.8, 4) is 0 Å². The number of rotatable bonds is 4. The molecule has 9 heteroatoms. The molecule has 1 aromatic carbocycles. The SMILES string of the molecule is COC(=O)[C@H](N=[N+]=[N-])[C@@H](O)c1cn(C(=O)OC(C)(C)C)c2ccccc12. The van der Waals surface area contributed by atoms with Crippen LogP contribution in [0.3, 0.4) is 0 Å². The normalized spacial score (nSPS) is 13.6. The fraction of sp³-hybridized carbons (Fsp3) is 0.412. The summed E-state index contributed by atoms with van der Waals surface area (Å²) in [7, 11) is 1.12. The van der Waals surface area contributed by atoms with Crippen molar-refractivity contribution in [1.82, 2.24) is 4.57 Å². The van der Waals surface area contributed by atoms with Gasteiger partial charge in [-0.05, 0) is 32.4 Å². The highest BCUT2D eigenvalue weighted by Crippen LogP contribution is 2.30. The van der Waals surface area contributed by atoms with E-state index in [0.29, 0.717) is 10.9 Å². The van der Waals surface area contributed by atoms with Gasteiger partial charge in [-0.1, -0.05) is 23.3 Å². The first-order valence-electron chi connectivity index (χ1n) is 7.83. The molecule has 0 unspecified atom stereocenters. The van der Waals surface area contributed by atoms with Gasteiger partial charge in [0.2, 0.25) is 0 Å². The van der Waals surface area contributed by atoms with Crippen molar-refractivity contribution < 1.29 is 24.2 Å². The highest BCUT2D eigenvalue weighted by Gasteiger charge is 2.31. The average molecular weight is 360 g/mol. The summed E-state index contributed by atoms with van der Waals surface area (Å²) in [6, 6.07) is 5.32. The van der Waals surface area contributed by atoms with Crippen LogP contribution in [0.25, 0.3) is 21.3 Å². The molecule has 0 aliphatic heterocycles. The van der Waals surface area contributed by atoms with E-state index in [9.17, 15) is 14.7 Å². The summed E-state index contributed by atoms with van der Waals surface area (Å²) in [6.07, 6.45) is -0.760. The molecule has 0 saturated carbocycles. The number of benzene rings is 1. The first kappa shape index (κ1) is 19.3. The van der Waals surface area contributed by atoms with Crippen LogP contribution in [0.1, 0.15) is 32.4 Å². The number of ether oxygens (including phenoxy) is 2. The number of nitrogens with zero attached hydrogens (tertiary/aromatic N) is 4. The molecule has 0 aliphatic rings. The van der Waals surface area contributed by atoms with E-state index in [1.807, 2.05) is 0 Å². The molecule has 1 heterocycles. The van der Waals surface area contributed by atoms with Gasteiger partial charge >= 0.3 is 12.1 Å². The van der Waals surface area contributed by atoms with Gasteiger partial charge in [0.25, 0.3) is 0 Å². The van der Waals surface area contributed by atoms with E-state index in [4.69, 9.17) is 10.3 Å². The monoisotopic (exact) mass is 360 g/mol. The maximum atomic E-state index is 12.5. The van der Waals surface area contributed by atoms with Crippen molar-refractivity contribution in [1.29, 1.82) is 0 Å². The second-order valence-corrected chi connectivity index (χ2v) is 6.57. The zero-order chi connectivity index (χ0) is 19.5. The van der Waals surface area contributed by atoms with Crippen LogP contribution in [0.4, 0.5) is 4.79 Å². The van der Waals surface area contributed by atoms with Gasteiger partial charge in [-0.2, -0.15) is 0 Å². The van der Waals surface area contributed by atoms with Crippen molar-refractivity contribution in [3.63, 3.8) is 0 Å². The van der Waals surface area contributed by atoms with Gasteiger partial charge in [-0.25, -0.2) is 4.79 Å². The Morgan fingerprint density at radius 2 is 1.96 bits per heavy atom. The van der Waals surface area contributed by atoms with E-state index < -0.39 is 29.8 Å². The Balaban J connectivity index is 2.56. The molecule has 9 nitrogen and oxygen atoms in total. The molecule has 1 N–H and O–H groups in total. The summed E-state index contributed by atoms with van der Waals surface area (Å²) in [6.45, 7) is 5.21. The smallest absolute Gasteiger partial charge is 0.419 e. The summed E-state index contributed by atoms with van der Waals surface area (Å²) < 4.78 is 11.2. The number of carbonyl (C=O) groups excluding carboxylic acids is 2. The highest BCUT2D eigenvalue weighted by atomic mass is 16.6. The van der Waals surface area contributed by atoms with Gasteiger partial charge in [0.1, 0.15) is 11.7 Å². The van der Waals surface area contributed by atoms with Crippen LogP contribution >= 0.6 is 0 Å². The van der Waals surface area contributed by atoms with Crippen molar-refractivity contribution in [2.75, 3.05) is 7.11 Å². The lowest BCUT2D eigenvalue weighted by Crippen LogP contribution is -2.28. The maximum Gasteiger partial charge on any atom is 0.419 e. The Labute approximate surface area is 149 Å². The first-order valence-corrected chi connectivity index (χ1v) is 7.83. The first-order chi connectivity index (χ1) is 12.2. The maximum absolute atomic E-state index is 12.5. The predicted molar refractivity (Wildman–Crippen MR) is 93.5 cm³/mol. The van der Waals surface area contributed by atoms with Gasteiger partial charge < -0.3 is 14.6 Å². The number of fused-ring (bicyclic) bond motifs is 1. The van der Waals surface area contributed by atoms with Crippen LogP contribution in [0.5, 0.6) is 0 Å². The van der Waals surface area contributed by atoms with Gasteiger partial charge in [0.05, 0.1) is 12.6 Å². The molecule has 0 saturated heterocycles. The van der Waals surface area contributed by atoms with Crippen molar-refractivity contribution in [2.24, 2.45) is 5.11 Å². The largest absolute Gasteiger partial charge is 0.469 e. The molecule has 0 fully saturated rings. The van der Waals surface area contributed by atoms with Crippen LogP contribution in [-0.4, -0.2) is 40.5 Å². The van der Waals surface area contributed by atoms with E-state index in [2.05, 4.69) is 14.8 Å². The van der Waals surface area contributed by atoms with E-state index in [1.165, 1.54) is 10.8 Å². The fourth-order valence-corrected chi connectivity index (χ4v) is 2.49. The molecular formula is C17H20N4O5. The third-order valence-electron chi connectivity index (χ3n) is 3.57. The number of hydrogen-bond acceptors (Lipinski definition) is 6. The Hall–Kier alpha value is -3.03.